The number of hydrogen-bond donors (Lipinski definition) is 0. The molecule has 0 N–H and O–H groups in total. The van der Waals surface area contributed by atoms with Gasteiger partial charge < -0.3 is 9.47 Å². The van der Waals surface area contributed by atoms with Crippen LogP contribution in [-0.2, 0) is 6.54 Å². The monoisotopic (exact) mass is 383 g/mol. The van der Waals surface area contributed by atoms with E-state index in [0.29, 0.717) is 5.92 Å². The van der Waals surface area contributed by atoms with Gasteiger partial charge in [0.05, 0.1) is 11.0 Å². The number of benzene rings is 3. The fourth-order valence-corrected chi connectivity index (χ4v) is 4.59. The Kier molecular flexibility index (Phi) is 4.55. The van der Waals surface area contributed by atoms with Crippen LogP contribution in [0.2, 0.25) is 0 Å². The lowest BCUT2D eigenvalue weighted by atomic mass is 9.95. The number of carbonyl (C=O) groups excluding carboxylic acids is 1. The molecule has 0 bridgehead atoms. The van der Waals surface area contributed by atoms with Crippen molar-refractivity contribution in [1.82, 2.24) is 14.5 Å². The highest BCUT2D eigenvalue weighted by Crippen LogP contribution is 2.26. The van der Waals surface area contributed by atoms with Crippen LogP contribution in [0.5, 0.6) is 0 Å². The van der Waals surface area contributed by atoms with Crippen LogP contribution < -0.4 is 0 Å². The number of aromatic nitrogens is 2. The largest absolute Gasteiger partial charge is 0.339 e. The van der Waals surface area contributed by atoms with Gasteiger partial charge in [-0.2, -0.15) is 0 Å². The van der Waals surface area contributed by atoms with Crippen molar-refractivity contribution < 1.29 is 4.79 Å². The molecular weight excluding hydrogens is 358 g/mol. The van der Waals surface area contributed by atoms with Crippen molar-refractivity contribution in [3.8, 4) is 0 Å². The Hall–Kier alpha value is -3.14. The summed E-state index contributed by atoms with van der Waals surface area (Å²) in [6.45, 7) is 4.69. The molecule has 0 radical (unpaired) electrons. The summed E-state index contributed by atoms with van der Waals surface area (Å²) in [5, 5.41) is 2.17. The first-order chi connectivity index (χ1) is 14.2. The molecule has 146 valence electrons. The van der Waals surface area contributed by atoms with Gasteiger partial charge in [-0.15, -0.1) is 0 Å². The van der Waals surface area contributed by atoms with Crippen molar-refractivity contribution in [2.45, 2.75) is 26.3 Å². The Morgan fingerprint density at radius 3 is 2.55 bits per heavy atom. The molecule has 5 rings (SSSR count). The lowest BCUT2D eigenvalue weighted by molar-refractivity contribution is 0.0685. The summed E-state index contributed by atoms with van der Waals surface area (Å²) in [5.74, 6) is 1.80. The molecule has 1 aliphatic heterocycles. The molecule has 4 heteroatoms. The number of fused-ring (bicyclic) bond motifs is 2. The maximum atomic E-state index is 13.2. The maximum Gasteiger partial charge on any atom is 0.254 e. The third-order valence-electron chi connectivity index (χ3n) is 6.21. The Balaban J connectivity index is 1.30. The topological polar surface area (TPSA) is 38.1 Å². The lowest BCUT2D eigenvalue weighted by Gasteiger charge is -2.32. The summed E-state index contributed by atoms with van der Waals surface area (Å²) < 4.78 is 2.34. The zero-order valence-corrected chi connectivity index (χ0v) is 16.7. The molecule has 3 aromatic carbocycles. The SMILES string of the molecule is Cc1nc2ccccc2n1CC1CCN(C(=O)c2cccc3ccccc23)CC1. The zero-order chi connectivity index (χ0) is 19.8. The van der Waals surface area contributed by atoms with E-state index < -0.39 is 0 Å². The number of carbonyl (C=O) groups is 1. The van der Waals surface area contributed by atoms with E-state index in [4.69, 9.17) is 0 Å². The second-order valence-electron chi connectivity index (χ2n) is 8.02. The minimum Gasteiger partial charge on any atom is -0.339 e. The quantitative estimate of drug-likeness (QED) is 0.496. The van der Waals surface area contributed by atoms with Gasteiger partial charge in [-0.25, -0.2) is 4.98 Å². The molecule has 0 aliphatic carbocycles. The highest BCUT2D eigenvalue weighted by atomic mass is 16.2. The molecule has 1 aromatic heterocycles. The second-order valence-corrected chi connectivity index (χ2v) is 8.02. The summed E-state index contributed by atoms with van der Waals surface area (Å²) in [7, 11) is 0. The van der Waals surface area contributed by atoms with Gasteiger partial charge in [-0.05, 0) is 54.7 Å². The number of amides is 1. The van der Waals surface area contributed by atoms with Crippen molar-refractivity contribution in [1.29, 1.82) is 0 Å². The van der Waals surface area contributed by atoms with Crippen LogP contribution in [0.4, 0.5) is 0 Å². The Morgan fingerprint density at radius 2 is 1.69 bits per heavy atom. The maximum absolute atomic E-state index is 13.2. The molecule has 4 aromatic rings. The molecule has 1 saturated heterocycles. The first-order valence-electron chi connectivity index (χ1n) is 10.4. The minimum absolute atomic E-state index is 0.157. The van der Waals surface area contributed by atoms with Crippen LogP contribution in [0.15, 0.2) is 66.7 Å². The first kappa shape index (κ1) is 17.9. The van der Waals surface area contributed by atoms with E-state index in [9.17, 15) is 4.79 Å². The van der Waals surface area contributed by atoms with Crippen LogP contribution >= 0.6 is 0 Å². The van der Waals surface area contributed by atoms with Crippen LogP contribution in [0, 0.1) is 12.8 Å². The summed E-state index contributed by atoms with van der Waals surface area (Å²) >= 11 is 0. The third kappa shape index (κ3) is 3.29. The van der Waals surface area contributed by atoms with Crippen LogP contribution in [-0.4, -0.2) is 33.4 Å². The highest BCUT2D eigenvalue weighted by molar-refractivity contribution is 6.07. The zero-order valence-electron chi connectivity index (χ0n) is 16.7. The van der Waals surface area contributed by atoms with Crippen molar-refractivity contribution in [2.24, 2.45) is 5.92 Å². The summed E-state index contributed by atoms with van der Waals surface area (Å²) in [6.07, 6.45) is 2.06. The fraction of sp³-hybridized carbons (Fsp3) is 0.280. The highest BCUT2D eigenvalue weighted by Gasteiger charge is 2.25. The van der Waals surface area contributed by atoms with E-state index in [0.717, 1.165) is 60.2 Å². The second kappa shape index (κ2) is 7.36. The van der Waals surface area contributed by atoms with Crippen LogP contribution in [0.1, 0.15) is 29.0 Å². The van der Waals surface area contributed by atoms with Gasteiger partial charge in [0.1, 0.15) is 5.82 Å². The minimum atomic E-state index is 0.157. The molecule has 2 heterocycles. The van der Waals surface area contributed by atoms with Gasteiger partial charge >= 0.3 is 0 Å². The van der Waals surface area contributed by atoms with E-state index in [-0.39, 0.29) is 5.91 Å². The summed E-state index contributed by atoms with van der Waals surface area (Å²) in [5.41, 5.74) is 3.09. The Bertz CT molecular complexity index is 1180. The average Bonchev–Trinajstić information content (AvgIpc) is 3.08. The Morgan fingerprint density at radius 1 is 0.966 bits per heavy atom. The number of piperidine rings is 1. The fourth-order valence-electron chi connectivity index (χ4n) is 4.59. The molecule has 0 spiro atoms. The van der Waals surface area contributed by atoms with E-state index >= 15 is 0 Å². The number of nitrogens with zero attached hydrogens (tertiary/aromatic N) is 3. The van der Waals surface area contributed by atoms with Crippen molar-refractivity contribution in [2.75, 3.05) is 13.1 Å². The third-order valence-corrected chi connectivity index (χ3v) is 6.21. The van der Waals surface area contributed by atoms with Gasteiger partial charge in [0.25, 0.3) is 5.91 Å². The van der Waals surface area contributed by atoms with Crippen LogP contribution in [0.3, 0.4) is 0 Å². The molecule has 4 nitrogen and oxygen atoms in total. The number of rotatable bonds is 3. The molecule has 0 saturated carbocycles. The van der Waals surface area contributed by atoms with E-state index in [1.807, 2.05) is 41.3 Å². The standard InChI is InChI=1S/C25H25N3O/c1-18-26-23-11-4-5-12-24(23)28(18)17-19-13-15-27(16-14-19)25(29)22-10-6-8-20-7-2-3-9-21(20)22/h2-12,19H,13-17H2,1H3. The van der Waals surface area contributed by atoms with Crippen molar-refractivity contribution in [3.63, 3.8) is 0 Å². The molecule has 29 heavy (non-hydrogen) atoms. The first-order valence-corrected chi connectivity index (χ1v) is 10.4. The van der Waals surface area contributed by atoms with Crippen molar-refractivity contribution >= 4 is 27.7 Å². The molecule has 1 aliphatic rings. The smallest absolute Gasteiger partial charge is 0.254 e. The number of imidazole rings is 1. The van der Waals surface area contributed by atoms with Gasteiger partial charge in [0, 0.05) is 25.2 Å². The summed E-state index contributed by atoms with van der Waals surface area (Å²) in [6, 6.07) is 22.5. The molecule has 0 atom stereocenters. The normalized spacial score (nSPS) is 15.3. The predicted octanol–water partition coefficient (Wildman–Crippen LogP) is 5.05. The van der Waals surface area contributed by atoms with Crippen molar-refractivity contribution in [3.05, 3.63) is 78.1 Å². The number of aryl methyl sites for hydroxylation is 1. The van der Waals surface area contributed by atoms with Gasteiger partial charge in [-0.1, -0.05) is 48.5 Å². The average molecular weight is 383 g/mol. The number of likely N-dealkylation sites (tertiary alicyclic amines) is 1. The summed E-state index contributed by atoms with van der Waals surface area (Å²) in [4.78, 5) is 19.9. The number of para-hydroxylation sites is 2. The lowest BCUT2D eigenvalue weighted by Crippen LogP contribution is -2.39. The van der Waals surface area contributed by atoms with Gasteiger partial charge in [-0.3, -0.25) is 4.79 Å². The van der Waals surface area contributed by atoms with Crippen LogP contribution in [0.25, 0.3) is 21.8 Å². The molecule has 1 amide bonds. The number of hydrogen-bond acceptors (Lipinski definition) is 2. The molecular formula is C25H25N3O. The van der Waals surface area contributed by atoms with Gasteiger partial charge in [0.15, 0.2) is 0 Å². The van der Waals surface area contributed by atoms with E-state index in [1.54, 1.807) is 0 Å². The molecule has 0 unspecified atom stereocenters. The van der Waals surface area contributed by atoms with E-state index in [2.05, 4.69) is 46.8 Å². The predicted molar refractivity (Wildman–Crippen MR) is 117 cm³/mol. The van der Waals surface area contributed by atoms with Gasteiger partial charge in [0.2, 0.25) is 0 Å². The Labute approximate surface area is 170 Å². The van der Waals surface area contributed by atoms with E-state index in [1.165, 1.54) is 5.52 Å². The molecule has 1 fully saturated rings.